The highest BCUT2D eigenvalue weighted by Crippen LogP contribution is 2.38. The van der Waals surface area contributed by atoms with Crippen LogP contribution in [0.3, 0.4) is 0 Å². The highest BCUT2D eigenvalue weighted by molar-refractivity contribution is 4.83. The Kier molecular flexibility index (Phi) is 6.11. The van der Waals surface area contributed by atoms with Gasteiger partial charge in [0.1, 0.15) is 0 Å². The van der Waals surface area contributed by atoms with Crippen molar-refractivity contribution in [3.63, 3.8) is 0 Å². The summed E-state index contributed by atoms with van der Waals surface area (Å²) in [5, 5.41) is 7.11. The van der Waals surface area contributed by atoms with E-state index in [1.54, 1.807) is 0 Å². The first-order chi connectivity index (χ1) is 9.18. The van der Waals surface area contributed by atoms with Gasteiger partial charge in [-0.25, -0.2) is 0 Å². The van der Waals surface area contributed by atoms with Crippen molar-refractivity contribution in [1.82, 2.24) is 15.5 Å². The molecule has 1 saturated carbocycles. The second-order valence-corrected chi connectivity index (χ2v) is 7.09. The van der Waals surface area contributed by atoms with E-state index in [9.17, 15) is 0 Å². The molecule has 1 aliphatic heterocycles. The zero-order valence-electron chi connectivity index (χ0n) is 13.0. The van der Waals surface area contributed by atoms with Crippen LogP contribution in [0.5, 0.6) is 0 Å². The van der Waals surface area contributed by atoms with Crippen molar-refractivity contribution in [3.05, 3.63) is 0 Å². The molecular formula is C16H33N3. The van der Waals surface area contributed by atoms with E-state index < -0.39 is 0 Å². The SMILES string of the molecule is CC(C)(CNCCCN1CCNCC1)C1CCCC1. The summed E-state index contributed by atoms with van der Waals surface area (Å²) < 4.78 is 0. The third kappa shape index (κ3) is 5.05. The average Bonchev–Trinajstić information content (AvgIpc) is 2.94. The molecule has 1 saturated heterocycles. The van der Waals surface area contributed by atoms with Crippen molar-refractivity contribution >= 4 is 0 Å². The number of piperazine rings is 1. The Hall–Kier alpha value is -0.120. The van der Waals surface area contributed by atoms with Crippen molar-refractivity contribution in [3.8, 4) is 0 Å². The molecular weight excluding hydrogens is 234 g/mol. The molecule has 3 nitrogen and oxygen atoms in total. The largest absolute Gasteiger partial charge is 0.316 e. The molecule has 0 aromatic heterocycles. The van der Waals surface area contributed by atoms with Gasteiger partial charge in [0, 0.05) is 32.7 Å². The highest BCUT2D eigenvalue weighted by atomic mass is 15.2. The van der Waals surface area contributed by atoms with Crippen LogP contribution in [0.2, 0.25) is 0 Å². The van der Waals surface area contributed by atoms with Gasteiger partial charge in [0.25, 0.3) is 0 Å². The maximum Gasteiger partial charge on any atom is 0.0107 e. The second-order valence-electron chi connectivity index (χ2n) is 7.09. The van der Waals surface area contributed by atoms with Crippen molar-refractivity contribution < 1.29 is 0 Å². The van der Waals surface area contributed by atoms with Gasteiger partial charge in [-0.2, -0.15) is 0 Å². The molecule has 0 radical (unpaired) electrons. The fourth-order valence-corrected chi connectivity index (χ4v) is 3.62. The number of hydrogen-bond donors (Lipinski definition) is 2. The summed E-state index contributed by atoms with van der Waals surface area (Å²) in [6.07, 6.45) is 7.11. The maximum absolute atomic E-state index is 3.70. The minimum atomic E-state index is 0.492. The van der Waals surface area contributed by atoms with E-state index >= 15 is 0 Å². The first-order valence-corrected chi connectivity index (χ1v) is 8.32. The molecule has 0 amide bonds. The Morgan fingerprint density at radius 3 is 2.53 bits per heavy atom. The van der Waals surface area contributed by atoms with Gasteiger partial charge in [-0.1, -0.05) is 26.7 Å². The number of hydrogen-bond acceptors (Lipinski definition) is 3. The maximum atomic E-state index is 3.70. The summed E-state index contributed by atoms with van der Waals surface area (Å²) in [6, 6.07) is 0. The first-order valence-electron chi connectivity index (χ1n) is 8.32. The molecule has 0 bridgehead atoms. The van der Waals surface area contributed by atoms with Crippen LogP contribution in [0.25, 0.3) is 0 Å². The summed E-state index contributed by atoms with van der Waals surface area (Å²) in [4.78, 5) is 2.58. The van der Waals surface area contributed by atoms with Crippen LogP contribution < -0.4 is 10.6 Å². The van der Waals surface area contributed by atoms with Gasteiger partial charge in [0.2, 0.25) is 0 Å². The molecule has 0 atom stereocenters. The standard InChI is InChI=1S/C16H33N3/c1-16(2,15-6-3-4-7-15)14-18-8-5-11-19-12-9-17-10-13-19/h15,17-18H,3-14H2,1-2H3. The van der Waals surface area contributed by atoms with Crippen molar-refractivity contribution in [2.75, 3.05) is 45.8 Å². The van der Waals surface area contributed by atoms with Crippen LogP contribution >= 0.6 is 0 Å². The molecule has 2 fully saturated rings. The molecule has 0 aromatic carbocycles. The first kappa shape index (κ1) is 15.3. The van der Waals surface area contributed by atoms with E-state index in [4.69, 9.17) is 0 Å². The lowest BCUT2D eigenvalue weighted by Gasteiger charge is -2.32. The molecule has 2 N–H and O–H groups in total. The molecule has 0 spiro atoms. The smallest absolute Gasteiger partial charge is 0.0107 e. The second kappa shape index (κ2) is 7.61. The zero-order valence-corrected chi connectivity index (χ0v) is 13.0. The van der Waals surface area contributed by atoms with Crippen LogP contribution in [0.15, 0.2) is 0 Å². The van der Waals surface area contributed by atoms with Crippen LogP contribution in [0.1, 0.15) is 46.0 Å². The van der Waals surface area contributed by atoms with Crippen LogP contribution in [-0.4, -0.2) is 50.7 Å². The predicted octanol–water partition coefficient (Wildman–Crippen LogP) is 2.09. The average molecular weight is 267 g/mol. The van der Waals surface area contributed by atoms with Gasteiger partial charge in [-0.15, -0.1) is 0 Å². The van der Waals surface area contributed by atoms with E-state index in [0.29, 0.717) is 5.41 Å². The van der Waals surface area contributed by atoms with Crippen LogP contribution in [0.4, 0.5) is 0 Å². The van der Waals surface area contributed by atoms with Crippen molar-refractivity contribution in [2.45, 2.75) is 46.0 Å². The summed E-state index contributed by atoms with van der Waals surface area (Å²) >= 11 is 0. The Balaban J connectivity index is 1.53. The molecule has 112 valence electrons. The van der Waals surface area contributed by atoms with Gasteiger partial charge in [0.05, 0.1) is 0 Å². The minimum absolute atomic E-state index is 0.492. The molecule has 1 heterocycles. The monoisotopic (exact) mass is 267 g/mol. The van der Waals surface area contributed by atoms with E-state index in [1.165, 1.54) is 77.9 Å². The molecule has 0 aromatic rings. The Bertz CT molecular complexity index is 240. The van der Waals surface area contributed by atoms with Gasteiger partial charge >= 0.3 is 0 Å². The normalized spacial score (nSPS) is 23.1. The van der Waals surface area contributed by atoms with Crippen molar-refractivity contribution in [1.29, 1.82) is 0 Å². The molecule has 2 rings (SSSR count). The van der Waals surface area contributed by atoms with Crippen LogP contribution in [-0.2, 0) is 0 Å². The number of nitrogens with one attached hydrogen (secondary N) is 2. The van der Waals surface area contributed by atoms with Crippen LogP contribution in [0, 0.1) is 11.3 Å². The molecule has 2 aliphatic rings. The number of nitrogens with zero attached hydrogens (tertiary/aromatic N) is 1. The van der Waals surface area contributed by atoms with Gasteiger partial charge in [0.15, 0.2) is 0 Å². The van der Waals surface area contributed by atoms with Gasteiger partial charge in [-0.05, 0) is 43.7 Å². The third-order valence-electron chi connectivity index (χ3n) is 5.08. The predicted molar refractivity (Wildman–Crippen MR) is 82.5 cm³/mol. The fraction of sp³-hybridized carbons (Fsp3) is 1.00. The summed E-state index contributed by atoms with van der Waals surface area (Å²) in [6.45, 7) is 13.3. The Labute approximate surface area is 119 Å². The quantitative estimate of drug-likeness (QED) is 0.692. The third-order valence-corrected chi connectivity index (χ3v) is 5.08. The lowest BCUT2D eigenvalue weighted by molar-refractivity contribution is 0.203. The summed E-state index contributed by atoms with van der Waals surface area (Å²) in [7, 11) is 0. The van der Waals surface area contributed by atoms with Gasteiger partial charge < -0.3 is 15.5 Å². The fourth-order valence-electron chi connectivity index (χ4n) is 3.62. The van der Waals surface area contributed by atoms with E-state index in [1.807, 2.05) is 0 Å². The Morgan fingerprint density at radius 1 is 1.16 bits per heavy atom. The minimum Gasteiger partial charge on any atom is -0.316 e. The van der Waals surface area contributed by atoms with Crippen molar-refractivity contribution in [2.24, 2.45) is 11.3 Å². The summed E-state index contributed by atoms with van der Waals surface area (Å²) in [5.74, 6) is 0.952. The molecule has 1 aliphatic carbocycles. The molecule has 0 unspecified atom stereocenters. The lowest BCUT2D eigenvalue weighted by Crippen LogP contribution is -2.44. The van der Waals surface area contributed by atoms with E-state index in [-0.39, 0.29) is 0 Å². The van der Waals surface area contributed by atoms with E-state index in [0.717, 1.165) is 5.92 Å². The lowest BCUT2D eigenvalue weighted by atomic mass is 9.78. The summed E-state index contributed by atoms with van der Waals surface area (Å²) in [5.41, 5.74) is 0.492. The topological polar surface area (TPSA) is 27.3 Å². The van der Waals surface area contributed by atoms with Gasteiger partial charge in [-0.3, -0.25) is 0 Å². The highest BCUT2D eigenvalue weighted by Gasteiger charge is 2.31. The zero-order chi connectivity index (χ0) is 13.6. The molecule has 19 heavy (non-hydrogen) atoms. The van der Waals surface area contributed by atoms with E-state index in [2.05, 4.69) is 29.4 Å². The number of rotatable bonds is 7. The molecule has 3 heteroatoms. The Morgan fingerprint density at radius 2 is 1.84 bits per heavy atom.